The predicted molar refractivity (Wildman–Crippen MR) is 58.7 cm³/mol. The molecule has 0 fully saturated rings. The molecule has 0 N–H and O–H groups in total. The van der Waals surface area contributed by atoms with E-state index in [9.17, 15) is 8.42 Å². The fourth-order valence-electron chi connectivity index (χ4n) is 1.75. The molecule has 2 nitrogen and oxygen atoms in total. The zero-order valence-electron chi connectivity index (χ0n) is 9.26. The number of hydrogen-bond donors (Lipinski definition) is 1. The maximum absolute atomic E-state index is 11.1. The molecule has 0 aromatic heterocycles. The molecule has 0 saturated carbocycles. The lowest BCUT2D eigenvalue weighted by Crippen LogP contribution is -2.01. The van der Waals surface area contributed by atoms with Gasteiger partial charge in [0.15, 0.2) is 10.7 Å². The number of rotatable bonds is 1. The first-order chi connectivity index (χ1) is 6.37. The minimum atomic E-state index is -2.48. The van der Waals surface area contributed by atoms with E-state index >= 15 is 0 Å². The van der Waals surface area contributed by atoms with Crippen molar-refractivity contribution in [3.63, 3.8) is 0 Å². The van der Waals surface area contributed by atoms with Crippen LogP contribution in [0.4, 0.5) is 0 Å². The Morgan fingerprint density at radius 1 is 0.643 bits per heavy atom. The summed E-state index contributed by atoms with van der Waals surface area (Å²) in [6.45, 7) is 9.72. The topological polar surface area (TPSA) is 34.1 Å². The number of benzene rings is 1. The molecule has 0 spiro atoms. The van der Waals surface area contributed by atoms with E-state index in [0.29, 0.717) is 4.90 Å². The van der Waals surface area contributed by atoms with Gasteiger partial charge in [-0.15, -0.1) is 0 Å². The Balaban J connectivity index is 3.77. The lowest BCUT2D eigenvalue weighted by molar-refractivity contribution is 0.613. The van der Waals surface area contributed by atoms with E-state index < -0.39 is 10.7 Å². The van der Waals surface area contributed by atoms with Crippen LogP contribution in [0.2, 0.25) is 0 Å². The minimum absolute atomic E-state index is 0.501. The highest BCUT2D eigenvalue weighted by atomic mass is 32.2. The molecule has 0 radical (unpaired) electrons. The molecule has 1 rings (SSSR count). The zero-order chi connectivity index (χ0) is 11.0. The molecule has 0 saturated heterocycles. The van der Waals surface area contributed by atoms with Crippen molar-refractivity contribution in [1.82, 2.24) is 0 Å². The van der Waals surface area contributed by atoms with Crippen molar-refractivity contribution < 1.29 is 8.42 Å². The van der Waals surface area contributed by atoms with Crippen molar-refractivity contribution in [2.45, 2.75) is 39.5 Å². The summed E-state index contributed by atoms with van der Waals surface area (Å²) in [5, 5.41) is 0. The summed E-state index contributed by atoms with van der Waals surface area (Å²) in [5.74, 6) is 0. The van der Waals surface area contributed by atoms with E-state index in [-0.39, 0.29) is 0 Å². The first-order valence-corrected chi connectivity index (χ1v) is 5.77. The Hall–Kier alpha value is -0.830. The molecule has 0 unspecified atom stereocenters. The molecule has 0 bridgehead atoms. The van der Waals surface area contributed by atoms with Gasteiger partial charge < -0.3 is 0 Å². The molecule has 0 aliphatic carbocycles. The standard InChI is InChI=1S/C11H16O2S/c1-6-7(2)9(4)11(14(12)13)10(5)8(6)3/h14H,1-5H3. The van der Waals surface area contributed by atoms with Gasteiger partial charge in [0.05, 0.1) is 4.90 Å². The van der Waals surface area contributed by atoms with Crippen molar-refractivity contribution in [2.24, 2.45) is 0 Å². The van der Waals surface area contributed by atoms with Crippen molar-refractivity contribution in [3.05, 3.63) is 27.8 Å². The first-order valence-electron chi connectivity index (χ1n) is 4.59. The van der Waals surface area contributed by atoms with E-state index in [0.717, 1.165) is 22.3 Å². The zero-order valence-corrected chi connectivity index (χ0v) is 10.2. The van der Waals surface area contributed by atoms with Crippen molar-refractivity contribution in [1.29, 1.82) is 0 Å². The summed E-state index contributed by atoms with van der Waals surface area (Å²) in [5.41, 5.74) is 5.15. The van der Waals surface area contributed by atoms with Crippen LogP contribution < -0.4 is 0 Å². The van der Waals surface area contributed by atoms with Gasteiger partial charge in [-0.05, 0) is 62.4 Å². The molecule has 78 valence electrons. The highest BCUT2D eigenvalue weighted by Crippen LogP contribution is 2.26. The molecule has 0 aliphatic rings. The summed E-state index contributed by atoms with van der Waals surface area (Å²) < 4.78 is 22.2. The molecule has 0 aliphatic heterocycles. The fourth-order valence-corrected chi connectivity index (χ4v) is 2.64. The third kappa shape index (κ3) is 1.57. The van der Waals surface area contributed by atoms with Crippen LogP contribution in [-0.4, -0.2) is 8.42 Å². The van der Waals surface area contributed by atoms with Gasteiger partial charge in [-0.2, -0.15) is 0 Å². The van der Waals surface area contributed by atoms with Crippen molar-refractivity contribution in [2.75, 3.05) is 0 Å². The van der Waals surface area contributed by atoms with Gasteiger partial charge in [0.2, 0.25) is 0 Å². The molecule has 1 aromatic rings. The molecule has 0 atom stereocenters. The van der Waals surface area contributed by atoms with Crippen LogP contribution in [0, 0.1) is 34.6 Å². The Morgan fingerprint density at radius 2 is 0.929 bits per heavy atom. The van der Waals surface area contributed by atoms with Crippen molar-refractivity contribution in [3.8, 4) is 0 Å². The van der Waals surface area contributed by atoms with E-state index in [2.05, 4.69) is 0 Å². The Labute approximate surface area is 86.9 Å². The van der Waals surface area contributed by atoms with Gasteiger partial charge in [0.1, 0.15) is 0 Å². The lowest BCUT2D eigenvalue weighted by Gasteiger charge is -2.14. The van der Waals surface area contributed by atoms with Crippen LogP contribution >= 0.6 is 0 Å². The second-order valence-electron chi connectivity index (χ2n) is 3.73. The second-order valence-corrected chi connectivity index (χ2v) is 4.69. The SMILES string of the molecule is Cc1c(C)c(C)c([SH](=O)=O)c(C)c1C. The van der Waals surface area contributed by atoms with E-state index in [1.807, 2.05) is 34.6 Å². The van der Waals surface area contributed by atoms with Crippen LogP contribution in [0.1, 0.15) is 27.8 Å². The summed E-state index contributed by atoms with van der Waals surface area (Å²) in [6.07, 6.45) is 0. The summed E-state index contributed by atoms with van der Waals surface area (Å²) in [7, 11) is -2.48. The van der Waals surface area contributed by atoms with E-state index in [4.69, 9.17) is 0 Å². The molecule has 0 amide bonds. The Bertz CT molecular complexity index is 420. The van der Waals surface area contributed by atoms with E-state index in [1.165, 1.54) is 5.56 Å². The van der Waals surface area contributed by atoms with Crippen LogP contribution in [0.25, 0.3) is 0 Å². The van der Waals surface area contributed by atoms with Gasteiger partial charge in [0.25, 0.3) is 0 Å². The molecule has 3 heteroatoms. The number of thiol groups is 1. The van der Waals surface area contributed by atoms with Gasteiger partial charge in [-0.1, -0.05) is 0 Å². The second kappa shape index (κ2) is 3.73. The average Bonchev–Trinajstić information content (AvgIpc) is 2.11. The minimum Gasteiger partial charge on any atom is -0.227 e. The first kappa shape index (κ1) is 11.2. The maximum atomic E-state index is 11.1. The Morgan fingerprint density at radius 3 is 1.21 bits per heavy atom. The molecular formula is C11H16O2S. The van der Waals surface area contributed by atoms with E-state index in [1.54, 1.807) is 0 Å². The third-order valence-electron chi connectivity index (χ3n) is 3.14. The average molecular weight is 212 g/mol. The summed E-state index contributed by atoms with van der Waals surface area (Å²) in [6, 6.07) is 0. The quantitative estimate of drug-likeness (QED) is 0.724. The van der Waals surface area contributed by atoms with Crippen molar-refractivity contribution >= 4 is 10.7 Å². The van der Waals surface area contributed by atoms with Crippen LogP contribution in [0.5, 0.6) is 0 Å². The number of hydrogen-bond acceptors (Lipinski definition) is 2. The van der Waals surface area contributed by atoms with Gasteiger partial charge >= 0.3 is 0 Å². The monoisotopic (exact) mass is 212 g/mol. The molecule has 0 heterocycles. The third-order valence-corrected chi connectivity index (χ3v) is 4.18. The molecule has 1 aromatic carbocycles. The summed E-state index contributed by atoms with van der Waals surface area (Å²) in [4.78, 5) is 0.501. The molecular weight excluding hydrogens is 196 g/mol. The van der Waals surface area contributed by atoms with Crippen LogP contribution in [0.3, 0.4) is 0 Å². The normalized spacial score (nSPS) is 11.0. The lowest BCUT2D eigenvalue weighted by atomic mass is 9.95. The van der Waals surface area contributed by atoms with Gasteiger partial charge in [-0.3, -0.25) is 0 Å². The maximum Gasteiger partial charge on any atom is 0.168 e. The fraction of sp³-hybridized carbons (Fsp3) is 0.455. The Kier molecular flexibility index (Phi) is 3.00. The molecule has 14 heavy (non-hydrogen) atoms. The highest BCUT2D eigenvalue weighted by Gasteiger charge is 2.13. The van der Waals surface area contributed by atoms with Crippen LogP contribution in [-0.2, 0) is 10.7 Å². The van der Waals surface area contributed by atoms with Crippen LogP contribution in [0.15, 0.2) is 4.90 Å². The predicted octanol–water partition coefficient (Wildman–Crippen LogP) is 2.20. The smallest absolute Gasteiger partial charge is 0.168 e. The van der Waals surface area contributed by atoms with Gasteiger partial charge in [0, 0.05) is 0 Å². The van der Waals surface area contributed by atoms with Gasteiger partial charge in [-0.25, -0.2) is 8.42 Å². The highest BCUT2D eigenvalue weighted by molar-refractivity contribution is 7.72. The largest absolute Gasteiger partial charge is 0.227 e. The summed E-state index contributed by atoms with van der Waals surface area (Å²) >= 11 is 0.